The van der Waals surface area contributed by atoms with Crippen LogP contribution in [0.15, 0.2) is 0 Å². The molecule has 4 atom stereocenters. The molecule has 1 saturated heterocycles. The van der Waals surface area contributed by atoms with Crippen molar-refractivity contribution in [3.8, 4) is 0 Å². The van der Waals surface area contributed by atoms with E-state index < -0.39 is 0 Å². The average Bonchev–Trinajstić information content (AvgIpc) is 2.56. The summed E-state index contributed by atoms with van der Waals surface area (Å²) in [6, 6.07) is 2.38. The van der Waals surface area contributed by atoms with Crippen LogP contribution in [0.1, 0.15) is 26.7 Å². The van der Waals surface area contributed by atoms with Crippen molar-refractivity contribution in [3.05, 3.63) is 0 Å². The molecule has 1 N–H and O–H groups in total. The van der Waals surface area contributed by atoms with Crippen LogP contribution in [-0.2, 0) is 0 Å². The molecule has 1 heterocycles. The molecule has 0 spiro atoms. The van der Waals surface area contributed by atoms with Gasteiger partial charge in [0.05, 0.1) is 0 Å². The van der Waals surface area contributed by atoms with Gasteiger partial charge in [-0.1, -0.05) is 6.92 Å². The minimum Gasteiger partial charge on any atom is -0.310 e. The summed E-state index contributed by atoms with van der Waals surface area (Å²) in [5.41, 5.74) is 0. The van der Waals surface area contributed by atoms with Crippen LogP contribution in [-0.4, -0.2) is 36.6 Å². The molecule has 12 heavy (non-hydrogen) atoms. The highest BCUT2D eigenvalue weighted by molar-refractivity contribution is 4.95. The topological polar surface area (TPSA) is 15.3 Å². The van der Waals surface area contributed by atoms with Gasteiger partial charge >= 0.3 is 0 Å². The summed E-state index contributed by atoms with van der Waals surface area (Å²) in [7, 11) is 2.22. The molecule has 2 unspecified atom stereocenters. The summed E-state index contributed by atoms with van der Waals surface area (Å²) in [4.78, 5) is 2.45. The second-order valence-corrected chi connectivity index (χ2v) is 4.71. The van der Waals surface area contributed by atoms with Crippen molar-refractivity contribution in [1.82, 2.24) is 10.2 Å². The summed E-state index contributed by atoms with van der Waals surface area (Å²) < 4.78 is 0. The first-order valence-corrected chi connectivity index (χ1v) is 5.13. The molecule has 2 fully saturated rings. The molecule has 1 aliphatic heterocycles. The highest BCUT2D eigenvalue weighted by Crippen LogP contribution is 2.30. The number of likely N-dealkylation sites (tertiary alicyclic amines) is 1. The van der Waals surface area contributed by atoms with Crippen molar-refractivity contribution in [2.45, 2.75) is 44.8 Å². The Morgan fingerprint density at radius 1 is 1.25 bits per heavy atom. The van der Waals surface area contributed by atoms with Crippen molar-refractivity contribution >= 4 is 0 Å². The van der Waals surface area contributed by atoms with Gasteiger partial charge in [-0.05, 0) is 32.7 Å². The summed E-state index contributed by atoms with van der Waals surface area (Å²) in [5.74, 6) is 0.936. The molecular formula is C10H20N2. The minimum absolute atomic E-state index is 0.764. The fraction of sp³-hybridized carbons (Fsp3) is 1.00. The molecule has 1 aliphatic carbocycles. The standard InChI is InChI=1S/C10H20N2/c1-7-4-10(7)11-9-5-8(2)12(3)6-9/h7-11H,4-6H2,1-3H3/t7-,8?,9?,10-/m1/s1. The Morgan fingerprint density at radius 2 is 1.92 bits per heavy atom. The molecule has 1 saturated carbocycles. The van der Waals surface area contributed by atoms with Crippen LogP contribution in [0.4, 0.5) is 0 Å². The van der Waals surface area contributed by atoms with Crippen molar-refractivity contribution in [3.63, 3.8) is 0 Å². The van der Waals surface area contributed by atoms with Gasteiger partial charge in [0.1, 0.15) is 0 Å². The number of likely N-dealkylation sites (N-methyl/N-ethyl adjacent to an activating group) is 1. The van der Waals surface area contributed by atoms with Crippen LogP contribution in [0.5, 0.6) is 0 Å². The molecule has 2 rings (SSSR count). The summed E-state index contributed by atoms with van der Waals surface area (Å²) in [6.45, 7) is 5.89. The predicted octanol–water partition coefficient (Wildman–Crippen LogP) is 1.08. The van der Waals surface area contributed by atoms with Gasteiger partial charge < -0.3 is 10.2 Å². The monoisotopic (exact) mass is 168 g/mol. The fourth-order valence-corrected chi connectivity index (χ4v) is 2.17. The summed E-state index contributed by atoms with van der Waals surface area (Å²) in [5, 5.41) is 3.72. The van der Waals surface area contributed by atoms with Crippen molar-refractivity contribution in [1.29, 1.82) is 0 Å². The number of nitrogens with zero attached hydrogens (tertiary/aromatic N) is 1. The molecule has 0 aromatic rings. The predicted molar refractivity (Wildman–Crippen MR) is 51.2 cm³/mol. The maximum atomic E-state index is 3.72. The first-order valence-electron chi connectivity index (χ1n) is 5.13. The van der Waals surface area contributed by atoms with E-state index in [1.54, 1.807) is 0 Å². The van der Waals surface area contributed by atoms with Crippen LogP contribution in [0.3, 0.4) is 0 Å². The molecule has 2 aliphatic rings. The Hall–Kier alpha value is -0.0800. The van der Waals surface area contributed by atoms with E-state index in [-0.39, 0.29) is 0 Å². The van der Waals surface area contributed by atoms with Gasteiger partial charge in [-0.3, -0.25) is 0 Å². The molecule has 0 bridgehead atoms. The van der Waals surface area contributed by atoms with E-state index >= 15 is 0 Å². The largest absolute Gasteiger partial charge is 0.310 e. The van der Waals surface area contributed by atoms with Gasteiger partial charge in [-0.25, -0.2) is 0 Å². The molecule has 70 valence electrons. The fourth-order valence-electron chi connectivity index (χ4n) is 2.17. The van der Waals surface area contributed by atoms with E-state index in [2.05, 4.69) is 31.1 Å². The molecule has 0 aromatic heterocycles. The first-order chi connectivity index (χ1) is 5.66. The SMILES string of the molecule is CC1CC(N[C@@H]2C[C@H]2C)CN1C. The van der Waals surface area contributed by atoms with E-state index in [0.29, 0.717) is 0 Å². The van der Waals surface area contributed by atoms with Crippen molar-refractivity contribution in [2.24, 2.45) is 5.92 Å². The second kappa shape index (κ2) is 3.00. The maximum Gasteiger partial charge on any atom is 0.0212 e. The lowest BCUT2D eigenvalue weighted by Gasteiger charge is -2.13. The van der Waals surface area contributed by atoms with E-state index in [1.165, 1.54) is 19.4 Å². The number of rotatable bonds is 2. The lowest BCUT2D eigenvalue weighted by atomic mass is 10.2. The van der Waals surface area contributed by atoms with Crippen molar-refractivity contribution < 1.29 is 0 Å². The summed E-state index contributed by atoms with van der Waals surface area (Å²) in [6.07, 6.45) is 2.73. The van der Waals surface area contributed by atoms with Crippen LogP contribution >= 0.6 is 0 Å². The molecule has 2 heteroatoms. The Kier molecular flexibility index (Phi) is 2.13. The van der Waals surface area contributed by atoms with Gasteiger partial charge in [0.25, 0.3) is 0 Å². The third-order valence-electron chi connectivity index (χ3n) is 3.45. The minimum atomic E-state index is 0.764. The van der Waals surface area contributed by atoms with Gasteiger partial charge in [-0.15, -0.1) is 0 Å². The van der Waals surface area contributed by atoms with Crippen LogP contribution in [0.25, 0.3) is 0 Å². The average molecular weight is 168 g/mol. The van der Waals surface area contributed by atoms with E-state index in [9.17, 15) is 0 Å². The number of nitrogens with one attached hydrogen (secondary N) is 1. The van der Waals surface area contributed by atoms with Gasteiger partial charge in [-0.2, -0.15) is 0 Å². The Morgan fingerprint density at radius 3 is 2.33 bits per heavy atom. The highest BCUT2D eigenvalue weighted by Gasteiger charge is 2.36. The zero-order valence-corrected chi connectivity index (χ0v) is 8.38. The van der Waals surface area contributed by atoms with Crippen LogP contribution in [0.2, 0.25) is 0 Å². The van der Waals surface area contributed by atoms with Gasteiger partial charge in [0, 0.05) is 24.7 Å². The number of hydrogen-bond acceptors (Lipinski definition) is 2. The van der Waals surface area contributed by atoms with Gasteiger partial charge in [0.2, 0.25) is 0 Å². The Balaban J connectivity index is 1.76. The van der Waals surface area contributed by atoms with Crippen LogP contribution < -0.4 is 5.32 Å². The Bertz CT molecular complexity index is 159. The van der Waals surface area contributed by atoms with Crippen molar-refractivity contribution in [2.75, 3.05) is 13.6 Å². The third kappa shape index (κ3) is 1.64. The lowest BCUT2D eigenvalue weighted by molar-refractivity contribution is 0.326. The molecule has 0 aromatic carbocycles. The second-order valence-electron chi connectivity index (χ2n) is 4.71. The first kappa shape index (κ1) is 8.52. The van der Waals surface area contributed by atoms with Gasteiger partial charge in [0.15, 0.2) is 0 Å². The zero-order valence-electron chi connectivity index (χ0n) is 8.38. The summed E-state index contributed by atoms with van der Waals surface area (Å²) >= 11 is 0. The maximum absolute atomic E-state index is 3.72. The zero-order chi connectivity index (χ0) is 8.72. The Labute approximate surface area is 75.3 Å². The molecule has 0 amide bonds. The molecule has 2 nitrogen and oxygen atoms in total. The van der Waals surface area contributed by atoms with Crippen LogP contribution in [0, 0.1) is 5.92 Å². The highest BCUT2D eigenvalue weighted by atomic mass is 15.2. The quantitative estimate of drug-likeness (QED) is 0.663. The van der Waals surface area contributed by atoms with E-state index in [4.69, 9.17) is 0 Å². The molecule has 0 radical (unpaired) electrons. The third-order valence-corrected chi connectivity index (χ3v) is 3.45. The van der Waals surface area contributed by atoms with E-state index in [0.717, 1.165) is 24.0 Å². The number of hydrogen-bond donors (Lipinski definition) is 1. The smallest absolute Gasteiger partial charge is 0.0212 e. The normalized spacial score (nSPS) is 48.2. The lowest BCUT2D eigenvalue weighted by Crippen LogP contribution is -2.33. The molecular weight excluding hydrogens is 148 g/mol. The van der Waals surface area contributed by atoms with E-state index in [1.807, 2.05) is 0 Å².